The van der Waals surface area contributed by atoms with Crippen LogP contribution in [0.1, 0.15) is 37.9 Å². The zero-order valence-corrected chi connectivity index (χ0v) is 12.9. The van der Waals surface area contributed by atoms with E-state index in [1.54, 1.807) is 0 Å². The SMILES string of the molecule is CCc1cc(Cn2nccc2CNCC(C)C)n(C)n1. The van der Waals surface area contributed by atoms with Crippen LogP contribution in [0.3, 0.4) is 0 Å². The Morgan fingerprint density at radius 2 is 2.10 bits per heavy atom. The van der Waals surface area contributed by atoms with Crippen LogP contribution in [-0.4, -0.2) is 26.1 Å². The number of nitrogens with zero attached hydrogens (tertiary/aromatic N) is 4. The molecule has 0 atom stereocenters. The molecule has 2 heterocycles. The first kappa shape index (κ1) is 14.8. The molecule has 0 bridgehead atoms. The van der Waals surface area contributed by atoms with Crippen molar-refractivity contribution in [1.82, 2.24) is 24.9 Å². The molecule has 0 aliphatic heterocycles. The quantitative estimate of drug-likeness (QED) is 0.840. The van der Waals surface area contributed by atoms with Crippen LogP contribution in [0.15, 0.2) is 18.3 Å². The third-order valence-corrected chi connectivity index (χ3v) is 3.36. The summed E-state index contributed by atoms with van der Waals surface area (Å²) in [5.74, 6) is 0.663. The number of hydrogen-bond acceptors (Lipinski definition) is 3. The molecule has 2 aromatic rings. The van der Waals surface area contributed by atoms with Gasteiger partial charge < -0.3 is 5.32 Å². The average Bonchev–Trinajstić information content (AvgIpc) is 2.97. The Kier molecular flexibility index (Phi) is 4.95. The summed E-state index contributed by atoms with van der Waals surface area (Å²) in [4.78, 5) is 0. The lowest BCUT2D eigenvalue weighted by Gasteiger charge is -2.10. The summed E-state index contributed by atoms with van der Waals surface area (Å²) in [6, 6.07) is 4.23. The van der Waals surface area contributed by atoms with Crippen molar-refractivity contribution in [3.05, 3.63) is 35.4 Å². The fourth-order valence-corrected chi connectivity index (χ4v) is 2.19. The first-order valence-corrected chi connectivity index (χ1v) is 7.33. The third-order valence-electron chi connectivity index (χ3n) is 3.36. The molecule has 0 amide bonds. The van der Waals surface area contributed by atoms with Crippen molar-refractivity contribution < 1.29 is 0 Å². The monoisotopic (exact) mass is 275 g/mol. The summed E-state index contributed by atoms with van der Waals surface area (Å²) in [6.45, 7) is 9.21. The molecule has 0 unspecified atom stereocenters. The van der Waals surface area contributed by atoms with Crippen LogP contribution in [0.25, 0.3) is 0 Å². The van der Waals surface area contributed by atoms with Gasteiger partial charge in [0.05, 0.1) is 23.6 Å². The summed E-state index contributed by atoms with van der Waals surface area (Å²) in [7, 11) is 1.99. The molecule has 0 saturated heterocycles. The molecule has 0 aliphatic rings. The van der Waals surface area contributed by atoms with E-state index in [-0.39, 0.29) is 0 Å². The molecule has 1 N–H and O–H groups in total. The lowest BCUT2D eigenvalue weighted by atomic mass is 10.2. The molecule has 5 nitrogen and oxygen atoms in total. The highest BCUT2D eigenvalue weighted by Crippen LogP contribution is 2.08. The number of rotatable bonds is 7. The van der Waals surface area contributed by atoms with Gasteiger partial charge in [-0.1, -0.05) is 20.8 Å². The largest absolute Gasteiger partial charge is 0.311 e. The molecule has 5 heteroatoms. The molecule has 0 aromatic carbocycles. The van der Waals surface area contributed by atoms with Gasteiger partial charge in [-0.2, -0.15) is 10.2 Å². The van der Waals surface area contributed by atoms with E-state index in [0.29, 0.717) is 5.92 Å². The smallest absolute Gasteiger partial charge is 0.0831 e. The van der Waals surface area contributed by atoms with E-state index in [1.165, 1.54) is 11.4 Å². The highest BCUT2D eigenvalue weighted by Gasteiger charge is 2.08. The fourth-order valence-electron chi connectivity index (χ4n) is 2.19. The summed E-state index contributed by atoms with van der Waals surface area (Å²) in [6.07, 6.45) is 2.83. The third kappa shape index (κ3) is 3.70. The van der Waals surface area contributed by atoms with E-state index in [4.69, 9.17) is 0 Å². The maximum atomic E-state index is 4.48. The van der Waals surface area contributed by atoms with Crippen LogP contribution in [0.5, 0.6) is 0 Å². The number of aromatic nitrogens is 4. The number of aryl methyl sites for hydroxylation is 2. The van der Waals surface area contributed by atoms with Crippen LogP contribution in [0.2, 0.25) is 0 Å². The molecule has 0 radical (unpaired) electrons. The fraction of sp³-hybridized carbons (Fsp3) is 0.600. The van der Waals surface area contributed by atoms with E-state index >= 15 is 0 Å². The summed E-state index contributed by atoms with van der Waals surface area (Å²) >= 11 is 0. The van der Waals surface area contributed by atoms with Gasteiger partial charge in [-0.05, 0) is 31.0 Å². The molecule has 20 heavy (non-hydrogen) atoms. The predicted octanol–water partition coefficient (Wildman–Crippen LogP) is 1.97. The second-order valence-corrected chi connectivity index (χ2v) is 5.61. The first-order valence-electron chi connectivity index (χ1n) is 7.33. The average molecular weight is 275 g/mol. The Morgan fingerprint density at radius 1 is 1.30 bits per heavy atom. The van der Waals surface area contributed by atoms with Gasteiger partial charge in [-0.15, -0.1) is 0 Å². The molecular formula is C15H25N5. The lowest BCUT2D eigenvalue weighted by Crippen LogP contribution is -2.21. The van der Waals surface area contributed by atoms with E-state index in [9.17, 15) is 0 Å². The van der Waals surface area contributed by atoms with Gasteiger partial charge in [-0.25, -0.2) is 0 Å². The van der Waals surface area contributed by atoms with Crippen LogP contribution in [-0.2, 0) is 26.6 Å². The van der Waals surface area contributed by atoms with Crippen LogP contribution >= 0.6 is 0 Å². The highest BCUT2D eigenvalue weighted by molar-refractivity contribution is 5.12. The van der Waals surface area contributed by atoms with Crippen molar-refractivity contribution in [3.8, 4) is 0 Å². The van der Waals surface area contributed by atoms with Gasteiger partial charge >= 0.3 is 0 Å². The number of hydrogen-bond donors (Lipinski definition) is 1. The van der Waals surface area contributed by atoms with Crippen molar-refractivity contribution in [1.29, 1.82) is 0 Å². The van der Waals surface area contributed by atoms with Crippen molar-refractivity contribution in [2.45, 2.75) is 40.3 Å². The minimum absolute atomic E-state index is 0.663. The molecule has 110 valence electrons. The van der Waals surface area contributed by atoms with E-state index < -0.39 is 0 Å². The standard InChI is InChI=1S/C15H25N5/c1-5-13-8-15(19(4)18-13)11-20-14(6-7-17-20)10-16-9-12(2)3/h6-8,12,16H,5,9-11H2,1-4H3. The Morgan fingerprint density at radius 3 is 2.75 bits per heavy atom. The molecule has 2 aromatic heterocycles. The summed E-state index contributed by atoms with van der Waals surface area (Å²) in [5, 5.41) is 12.4. The van der Waals surface area contributed by atoms with Crippen molar-refractivity contribution in [3.63, 3.8) is 0 Å². The molecule has 2 rings (SSSR count). The van der Waals surface area contributed by atoms with Crippen molar-refractivity contribution >= 4 is 0 Å². The van der Waals surface area contributed by atoms with Crippen LogP contribution in [0, 0.1) is 5.92 Å². The molecule has 0 spiro atoms. The zero-order chi connectivity index (χ0) is 14.5. The summed E-state index contributed by atoms with van der Waals surface area (Å²) < 4.78 is 4.00. The van der Waals surface area contributed by atoms with Gasteiger partial charge in [0.1, 0.15) is 0 Å². The lowest BCUT2D eigenvalue weighted by molar-refractivity contribution is 0.523. The normalized spacial score (nSPS) is 11.4. The van der Waals surface area contributed by atoms with Gasteiger partial charge in [-0.3, -0.25) is 9.36 Å². The molecule has 0 aliphatic carbocycles. The van der Waals surface area contributed by atoms with Gasteiger partial charge in [0.2, 0.25) is 0 Å². The van der Waals surface area contributed by atoms with E-state index in [1.807, 2.05) is 22.6 Å². The molecular weight excluding hydrogens is 250 g/mol. The maximum absolute atomic E-state index is 4.48. The first-order chi connectivity index (χ1) is 9.60. The van der Waals surface area contributed by atoms with Crippen LogP contribution in [0.4, 0.5) is 0 Å². The Hall–Kier alpha value is -1.62. The molecule has 0 saturated carbocycles. The topological polar surface area (TPSA) is 47.7 Å². The zero-order valence-electron chi connectivity index (χ0n) is 12.9. The Balaban J connectivity index is 2.02. The maximum Gasteiger partial charge on any atom is 0.0831 e. The van der Waals surface area contributed by atoms with Gasteiger partial charge in [0, 0.05) is 19.8 Å². The number of nitrogens with one attached hydrogen (secondary N) is 1. The minimum Gasteiger partial charge on any atom is -0.311 e. The van der Waals surface area contributed by atoms with Crippen LogP contribution < -0.4 is 5.32 Å². The van der Waals surface area contributed by atoms with Crippen molar-refractivity contribution in [2.75, 3.05) is 6.54 Å². The van der Waals surface area contributed by atoms with Gasteiger partial charge in [0.15, 0.2) is 0 Å². The predicted molar refractivity (Wildman–Crippen MR) is 80.5 cm³/mol. The van der Waals surface area contributed by atoms with Gasteiger partial charge in [0.25, 0.3) is 0 Å². The second-order valence-electron chi connectivity index (χ2n) is 5.61. The van der Waals surface area contributed by atoms with E-state index in [0.717, 1.165) is 31.7 Å². The van der Waals surface area contributed by atoms with E-state index in [2.05, 4.69) is 48.4 Å². The Bertz CT molecular complexity index is 538. The second kappa shape index (κ2) is 6.70. The van der Waals surface area contributed by atoms with Crippen molar-refractivity contribution in [2.24, 2.45) is 13.0 Å². The minimum atomic E-state index is 0.663. The highest BCUT2D eigenvalue weighted by atomic mass is 15.3. The molecule has 0 fully saturated rings. The Labute approximate surface area is 121 Å². The summed E-state index contributed by atoms with van der Waals surface area (Å²) in [5.41, 5.74) is 3.54.